The van der Waals surface area contributed by atoms with E-state index in [1.54, 1.807) is 18.2 Å². The minimum absolute atomic E-state index is 0.0114. The number of anilines is 1. The molecule has 0 saturated carbocycles. The molecular formula is C13H10NO4S-. The molecule has 2 rings (SSSR count). The molecule has 0 unspecified atom stereocenters. The summed E-state index contributed by atoms with van der Waals surface area (Å²) in [6.45, 7) is 0. The van der Waals surface area contributed by atoms with E-state index in [-0.39, 0.29) is 16.1 Å². The van der Waals surface area contributed by atoms with E-state index in [1.165, 1.54) is 36.4 Å². The van der Waals surface area contributed by atoms with E-state index in [9.17, 15) is 18.3 Å². The fourth-order valence-electron chi connectivity index (χ4n) is 1.49. The standard InChI is InChI=1S/C13H11NO4S/c15-13(16)10-6-8-11(9-7-10)14-19(17,18)12-4-2-1-3-5-12/h1-9,14H,(H,15,16)/p-1. The maximum absolute atomic E-state index is 12.0. The van der Waals surface area contributed by atoms with E-state index in [0.717, 1.165) is 0 Å². The van der Waals surface area contributed by atoms with Crippen molar-refractivity contribution in [2.24, 2.45) is 0 Å². The van der Waals surface area contributed by atoms with Crippen LogP contribution in [0.2, 0.25) is 0 Å². The number of sulfonamides is 1. The molecule has 0 atom stereocenters. The number of aromatic carboxylic acids is 1. The first-order chi connectivity index (χ1) is 8.99. The van der Waals surface area contributed by atoms with Crippen molar-refractivity contribution >= 4 is 21.7 Å². The molecule has 0 spiro atoms. The Labute approximate surface area is 110 Å². The largest absolute Gasteiger partial charge is 0.545 e. The summed E-state index contributed by atoms with van der Waals surface area (Å²) in [7, 11) is -3.66. The third-order valence-electron chi connectivity index (χ3n) is 2.43. The van der Waals surface area contributed by atoms with E-state index in [4.69, 9.17) is 0 Å². The summed E-state index contributed by atoms with van der Waals surface area (Å²) in [6, 6.07) is 13.2. The van der Waals surface area contributed by atoms with Gasteiger partial charge in [-0.25, -0.2) is 8.42 Å². The number of rotatable bonds is 4. The van der Waals surface area contributed by atoms with Gasteiger partial charge in [-0.05, 0) is 29.8 Å². The van der Waals surface area contributed by atoms with Crippen LogP contribution in [0.5, 0.6) is 0 Å². The second-order valence-electron chi connectivity index (χ2n) is 3.78. The van der Waals surface area contributed by atoms with Crippen LogP contribution in [0.3, 0.4) is 0 Å². The van der Waals surface area contributed by atoms with Gasteiger partial charge < -0.3 is 9.90 Å². The lowest BCUT2D eigenvalue weighted by Crippen LogP contribution is -2.22. The van der Waals surface area contributed by atoms with Crippen LogP contribution in [0.15, 0.2) is 59.5 Å². The van der Waals surface area contributed by atoms with E-state index in [2.05, 4.69) is 4.72 Å². The van der Waals surface area contributed by atoms with Gasteiger partial charge >= 0.3 is 0 Å². The third kappa shape index (κ3) is 3.11. The molecule has 98 valence electrons. The molecule has 2 aromatic carbocycles. The maximum Gasteiger partial charge on any atom is 0.261 e. The lowest BCUT2D eigenvalue weighted by atomic mass is 10.2. The van der Waals surface area contributed by atoms with Gasteiger partial charge in [-0.2, -0.15) is 0 Å². The van der Waals surface area contributed by atoms with Gasteiger partial charge in [0.15, 0.2) is 0 Å². The van der Waals surface area contributed by atoms with Gasteiger partial charge in [-0.3, -0.25) is 4.72 Å². The van der Waals surface area contributed by atoms with Crippen LogP contribution in [-0.2, 0) is 10.0 Å². The van der Waals surface area contributed by atoms with Crippen LogP contribution >= 0.6 is 0 Å². The summed E-state index contributed by atoms with van der Waals surface area (Å²) in [5.74, 6) is -1.31. The Balaban J connectivity index is 2.24. The van der Waals surface area contributed by atoms with E-state index >= 15 is 0 Å². The minimum atomic E-state index is -3.66. The van der Waals surface area contributed by atoms with Crippen LogP contribution < -0.4 is 9.83 Å². The minimum Gasteiger partial charge on any atom is -0.545 e. The van der Waals surface area contributed by atoms with Crippen molar-refractivity contribution in [3.8, 4) is 0 Å². The molecule has 0 aliphatic rings. The number of hydrogen-bond donors (Lipinski definition) is 1. The Morgan fingerprint density at radius 2 is 1.53 bits per heavy atom. The van der Waals surface area contributed by atoms with E-state index in [0.29, 0.717) is 0 Å². The zero-order valence-corrected chi connectivity index (χ0v) is 10.6. The van der Waals surface area contributed by atoms with Gasteiger partial charge in [0.1, 0.15) is 0 Å². The van der Waals surface area contributed by atoms with E-state index < -0.39 is 16.0 Å². The van der Waals surface area contributed by atoms with Crippen molar-refractivity contribution in [2.75, 3.05) is 4.72 Å². The Kier molecular flexibility index (Phi) is 3.52. The van der Waals surface area contributed by atoms with E-state index in [1.807, 2.05) is 0 Å². The van der Waals surface area contributed by atoms with Gasteiger partial charge in [0, 0.05) is 5.69 Å². The summed E-state index contributed by atoms with van der Waals surface area (Å²) in [4.78, 5) is 10.7. The van der Waals surface area contributed by atoms with Gasteiger partial charge in [-0.1, -0.05) is 30.3 Å². The summed E-state index contributed by atoms with van der Waals surface area (Å²) in [6.07, 6.45) is 0. The molecule has 6 heteroatoms. The first-order valence-corrected chi connectivity index (χ1v) is 6.87. The molecule has 0 fully saturated rings. The van der Waals surface area contributed by atoms with Crippen LogP contribution in [0, 0.1) is 0 Å². The third-order valence-corrected chi connectivity index (χ3v) is 3.82. The van der Waals surface area contributed by atoms with Crippen LogP contribution in [-0.4, -0.2) is 14.4 Å². The van der Waals surface area contributed by atoms with Crippen molar-refractivity contribution in [1.82, 2.24) is 0 Å². The van der Waals surface area contributed by atoms with Crippen molar-refractivity contribution in [3.05, 3.63) is 60.2 Å². The monoisotopic (exact) mass is 276 g/mol. The summed E-state index contributed by atoms with van der Waals surface area (Å²) in [5, 5.41) is 10.6. The Morgan fingerprint density at radius 3 is 2.05 bits per heavy atom. The number of benzene rings is 2. The number of carbonyl (C=O) groups is 1. The lowest BCUT2D eigenvalue weighted by molar-refractivity contribution is -0.255. The molecule has 0 aliphatic heterocycles. The maximum atomic E-state index is 12.0. The Hall–Kier alpha value is -2.34. The fourth-order valence-corrected chi connectivity index (χ4v) is 2.57. The molecule has 0 aliphatic carbocycles. The highest BCUT2D eigenvalue weighted by Crippen LogP contribution is 2.16. The van der Waals surface area contributed by atoms with Crippen LogP contribution in [0.1, 0.15) is 10.4 Å². The predicted molar refractivity (Wildman–Crippen MR) is 68.0 cm³/mol. The SMILES string of the molecule is O=C([O-])c1ccc(NS(=O)(=O)c2ccccc2)cc1. The number of hydrogen-bond acceptors (Lipinski definition) is 4. The molecule has 2 aromatic rings. The second kappa shape index (κ2) is 5.11. The van der Waals surface area contributed by atoms with Crippen LogP contribution in [0.4, 0.5) is 5.69 Å². The lowest BCUT2D eigenvalue weighted by Gasteiger charge is -2.09. The first-order valence-electron chi connectivity index (χ1n) is 5.38. The molecule has 0 heterocycles. The van der Waals surface area contributed by atoms with Gasteiger partial charge in [0.05, 0.1) is 10.9 Å². The highest BCUT2D eigenvalue weighted by atomic mass is 32.2. The number of carboxylic acid groups (broad SMARTS) is 1. The van der Waals surface area contributed by atoms with Crippen molar-refractivity contribution in [1.29, 1.82) is 0 Å². The normalized spacial score (nSPS) is 10.9. The van der Waals surface area contributed by atoms with Crippen molar-refractivity contribution in [3.63, 3.8) is 0 Å². The average molecular weight is 276 g/mol. The summed E-state index contributed by atoms with van der Waals surface area (Å²) >= 11 is 0. The van der Waals surface area contributed by atoms with Crippen LogP contribution in [0.25, 0.3) is 0 Å². The zero-order valence-electron chi connectivity index (χ0n) is 9.74. The van der Waals surface area contributed by atoms with Gasteiger partial charge in [-0.15, -0.1) is 0 Å². The first kappa shape index (κ1) is 13.1. The molecule has 0 amide bonds. The average Bonchev–Trinajstić information content (AvgIpc) is 2.40. The highest BCUT2D eigenvalue weighted by Gasteiger charge is 2.12. The molecule has 0 bridgehead atoms. The van der Waals surface area contributed by atoms with Crippen molar-refractivity contribution < 1.29 is 18.3 Å². The molecule has 1 N–H and O–H groups in total. The molecule has 5 nitrogen and oxygen atoms in total. The van der Waals surface area contributed by atoms with Gasteiger partial charge in [0.2, 0.25) is 0 Å². The summed E-state index contributed by atoms with van der Waals surface area (Å²) in [5.41, 5.74) is 0.275. The smallest absolute Gasteiger partial charge is 0.261 e. The quantitative estimate of drug-likeness (QED) is 0.897. The summed E-state index contributed by atoms with van der Waals surface area (Å²) < 4.78 is 26.3. The molecule has 0 radical (unpaired) electrons. The van der Waals surface area contributed by atoms with Gasteiger partial charge in [0.25, 0.3) is 10.0 Å². The molecule has 0 aromatic heterocycles. The number of carboxylic acids is 1. The predicted octanol–water partition coefficient (Wildman–Crippen LogP) is 0.851. The fraction of sp³-hybridized carbons (Fsp3) is 0. The Bertz CT molecular complexity index is 678. The number of nitrogens with one attached hydrogen (secondary N) is 1. The second-order valence-corrected chi connectivity index (χ2v) is 5.47. The molecule has 0 saturated heterocycles. The van der Waals surface area contributed by atoms with Crippen molar-refractivity contribution in [2.45, 2.75) is 4.90 Å². The zero-order chi connectivity index (χ0) is 13.9. The molecule has 19 heavy (non-hydrogen) atoms. The topological polar surface area (TPSA) is 86.3 Å². The Morgan fingerprint density at radius 1 is 0.947 bits per heavy atom. The highest BCUT2D eigenvalue weighted by molar-refractivity contribution is 7.92. The number of carbonyl (C=O) groups excluding carboxylic acids is 1. The molecular weight excluding hydrogens is 266 g/mol.